The van der Waals surface area contributed by atoms with E-state index in [2.05, 4.69) is 45.0 Å². The Kier molecular flexibility index (Phi) is 5.86. The van der Waals surface area contributed by atoms with Crippen molar-refractivity contribution >= 4 is 17.7 Å². The maximum absolute atomic E-state index is 12.7. The van der Waals surface area contributed by atoms with Crippen LogP contribution in [0.2, 0.25) is 0 Å². The molecule has 1 aromatic rings. The normalized spacial score (nSPS) is 27.8. The van der Waals surface area contributed by atoms with E-state index in [1.54, 1.807) is 0 Å². The maximum atomic E-state index is 12.7. The largest absolute Gasteiger partial charge is 0.463 e. The van der Waals surface area contributed by atoms with Crippen LogP contribution in [0.4, 0.5) is 0 Å². The Bertz CT molecular complexity index is 677. The van der Waals surface area contributed by atoms with Gasteiger partial charge in [-0.25, -0.2) is 4.79 Å². The highest BCUT2D eigenvalue weighted by molar-refractivity contribution is 7.99. The number of esters is 1. The van der Waals surface area contributed by atoms with Crippen molar-refractivity contribution in [2.75, 3.05) is 12.4 Å². The molecule has 142 valence electrons. The topological polar surface area (TPSA) is 26.3 Å². The second-order valence-corrected chi connectivity index (χ2v) is 9.88. The third-order valence-corrected chi connectivity index (χ3v) is 7.58. The van der Waals surface area contributed by atoms with Crippen LogP contribution in [0.1, 0.15) is 59.8 Å². The fraction of sp³-hybridized carbons (Fsp3) is 0.609. The molecule has 2 nitrogen and oxygen atoms in total. The molecular formula is C23H32O2S. The van der Waals surface area contributed by atoms with E-state index in [0.29, 0.717) is 23.4 Å². The minimum Gasteiger partial charge on any atom is -0.463 e. The summed E-state index contributed by atoms with van der Waals surface area (Å²) in [5.41, 5.74) is 2.88. The van der Waals surface area contributed by atoms with Crippen molar-refractivity contribution in [3.63, 3.8) is 0 Å². The number of benzene rings is 1. The molecule has 0 unspecified atom stereocenters. The van der Waals surface area contributed by atoms with Crippen molar-refractivity contribution in [2.24, 2.45) is 16.7 Å². The summed E-state index contributed by atoms with van der Waals surface area (Å²) in [6.07, 6.45) is 5.75. The van der Waals surface area contributed by atoms with Crippen LogP contribution in [0.5, 0.6) is 0 Å². The molecule has 0 aromatic heterocycles. The van der Waals surface area contributed by atoms with Gasteiger partial charge in [0.1, 0.15) is 0 Å². The van der Waals surface area contributed by atoms with E-state index in [1.165, 1.54) is 29.7 Å². The molecule has 0 radical (unpaired) electrons. The van der Waals surface area contributed by atoms with Gasteiger partial charge >= 0.3 is 5.97 Å². The number of hydrogen-bond donors (Lipinski definition) is 0. The molecule has 0 bridgehead atoms. The van der Waals surface area contributed by atoms with Crippen molar-refractivity contribution in [1.82, 2.24) is 0 Å². The quantitative estimate of drug-likeness (QED) is 0.450. The minimum atomic E-state index is -0.0837. The number of rotatable bonds is 5. The van der Waals surface area contributed by atoms with Crippen molar-refractivity contribution in [1.29, 1.82) is 0 Å². The van der Waals surface area contributed by atoms with E-state index in [0.717, 1.165) is 24.2 Å². The van der Waals surface area contributed by atoms with Gasteiger partial charge in [-0.3, -0.25) is 0 Å². The van der Waals surface area contributed by atoms with Gasteiger partial charge in [0, 0.05) is 16.2 Å². The summed E-state index contributed by atoms with van der Waals surface area (Å²) in [6, 6.07) is 10.5. The maximum Gasteiger partial charge on any atom is 0.333 e. The van der Waals surface area contributed by atoms with E-state index in [4.69, 9.17) is 4.74 Å². The molecule has 2 aliphatic rings. The van der Waals surface area contributed by atoms with Crippen LogP contribution >= 0.6 is 11.8 Å². The Hall–Kier alpha value is -1.22. The van der Waals surface area contributed by atoms with E-state index >= 15 is 0 Å². The van der Waals surface area contributed by atoms with Crippen LogP contribution < -0.4 is 0 Å². The van der Waals surface area contributed by atoms with Crippen molar-refractivity contribution in [2.45, 2.75) is 64.7 Å². The molecular weight excluding hydrogens is 340 g/mol. The molecule has 0 amide bonds. The number of fused-ring (bicyclic) bond motifs is 1. The molecule has 1 saturated carbocycles. The van der Waals surface area contributed by atoms with Crippen LogP contribution in [-0.2, 0) is 9.53 Å². The molecule has 0 saturated heterocycles. The van der Waals surface area contributed by atoms with Gasteiger partial charge in [0.15, 0.2) is 0 Å². The van der Waals surface area contributed by atoms with Gasteiger partial charge in [0.05, 0.1) is 6.61 Å². The van der Waals surface area contributed by atoms with Crippen LogP contribution in [0.15, 0.2) is 46.4 Å². The molecule has 2 atom stereocenters. The Morgan fingerprint density at radius 1 is 1.19 bits per heavy atom. The second kappa shape index (κ2) is 7.80. The minimum absolute atomic E-state index is 0.0837. The zero-order valence-corrected chi connectivity index (χ0v) is 17.5. The molecule has 0 aliphatic heterocycles. The Labute approximate surface area is 162 Å². The number of carbonyl (C=O) groups excluding carboxylic acids is 1. The third-order valence-electron chi connectivity index (χ3n) is 6.48. The lowest BCUT2D eigenvalue weighted by Gasteiger charge is -2.54. The zero-order valence-electron chi connectivity index (χ0n) is 16.6. The molecule has 0 spiro atoms. The van der Waals surface area contributed by atoms with Gasteiger partial charge in [0.25, 0.3) is 0 Å². The fourth-order valence-electron chi connectivity index (χ4n) is 5.19. The Morgan fingerprint density at radius 2 is 1.92 bits per heavy atom. The first kappa shape index (κ1) is 19.5. The lowest BCUT2D eigenvalue weighted by Crippen LogP contribution is -2.45. The van der Waals surface area contributed by atoms with Crippen LogP contribution in [0.3, 0.4) is 0 Å². The predicted molar refractivity (Wildman–Crippen MR) is 109 cm³/mol. The molecule has 0 heterocycles. The summed E-state index contributed by atoms with van der Waals surface area (Å²) >= 11 is 1.84. The standard InChI is InChI=1S/C23H32O2S/c1-5-25-21(24)19-14-20-22(2,3)12-9-13-23(20,4)15-17(19)16-26-18-10-7-6-8-11-18/h6-8,10-11,20H,5,9,12-16H2,1-4H3/t20-,23+/m0/s1. The van der Waals surface area contributed by atoms with Crippen molar-refractivity contribution < 1.29 is 9.53 Å². The van der Waals surface area contributed by atoms with E-state index in [1.807, 2.05) is 24.8 Å². The fourth-order valence-corrected chi connectivity index (χ4v) is 6.15. The van der Waals surface area contributed by atoms with Gasteiger partial charge in [-0.15, -0.1) is 11.8 Å². The molecule has 3 heteroatoms. The number of hydrogen-bond acceptors (Lipinski definition) is 3. The first-order chi connectivity index (χ1) is 12.4. The molecule has 26 heavy (non-hydrogen) atoms. The van der Waals surface area contributed by atoms with Gasteiger partial charge in [-0.2, -0.15) is 0 Å². The zero-order chi connectivity index (χ0) is 18.8. The van der Waals surface area contributed by atoms with E-state index in [9.17, 15) is 4.79 Å². The third kappa shape index (κ3) is 4.03. The smallest absolute Gasteiger partial charge is 0.333 e. The first-order valence-corrected chi connectivity index (χ1v) is 10.9. The summed E-state index contributed by atoms with van der Waals surface area (Å²) in [4.78, 5) is 14.0. The lowest BCUT2D eigenvalue weighted by atomic mass is 9.51. The van der Waals surface area contributed by atoms with Crippen LogP contribution in [-0.4, -0.2) is 18.3 Å². The Morgan fingerprint density at radius 3 is 2.62 bits per heavy atom. The van der Waals surface area contributed by atoms with Gasteiger partial charge in [0.2, 0.25) is 0 Å². The molecule has 3 rings (SSSR count). The molecule has 1 aromatic carbocycles. The molecule has 2 aliphatic carbocycles. The summed E-state index contributed by atoms with van der Waals surface area (Å²) < 4.78 is 5.44. The number of thioether (sulfide) groups is 1. The summed E-state index contributed by atoms with van der Waals surface area (Å²) in [7, 11) is 0. The van der Waals surface area contributed by atoms with Gasteiger partial charge in [-0.1, -0.05) is 45.4 Å². The second-order valence-electron chi connectivity index (χ2n) is 8.83. The highest BCUT2D eigenvalue weighted by Crippen LogP contribution is 2.59. The Balaban J connectivity index is 1.89. The molecule has 1 fully saturated rings. The van der Waals surface area contributed by atoms with Gasteiger partial charge in [-0.05, 0) is 67.1 Å². The average molecular weight is 373 g/mol. The van der Waals surface area contributed by atoms with Crippen LogP contribution in [0, 0.1) is 16.7 Å². The number of ether oxygens (including phenoxy) is 1. The average Bonchev–Trinajstić information content (AvgIpc) is 2.60. The highest BCUT2D eigenvalue weighted by Gasteiger charge is 2.50. The monoisotopic (exact) mass is 372 g/mol. The van der Waals surface area contributed by atoms with Crippen molar-refractivity contribution in [3.8, 4) is 0 Å². The first-order valence-electron chi connectivity index (χ1n) is 9.91. The van der Waals surface area contributed by atoms with E-state index in [-0.39, 0.29) is 5.97 Å². The predicted octanol–water partition coefficient (Wildman–Crippen LogP) is 6.26. The summed E-state index contributed by atoms with van der Waals surface area (Å²) in [5.74, 6) is 1.37. The molecule has 0 N–H and O–H groups in total. The SMILES string of the molecule is CCOC(=O)C1=C(CSc2ccccc2)C[C@@]2(C)CCCC(C)(C)[C@@H]2C1. The van der Waals surface area contributed by atoms with Crippen LogP contribution in [0.25, 0.3) is 0 Å². The van der Waals surface area contributed by atoms with Gasteiger partial charge < -0.3 is 4.74 Å². The number of carbonyl (C=O) groups is 1. The summed E-state index contributed by atoms with van der Waals surface area (Å²) in [6.45, 7) is 9.58. The van der Waals surface area contributed by atoms with E-state index < -0.39 is 0 Å². The highest BCUT2D eigenvalue weighted by atomic mass is 32.2. The van der Waals surface area contributed by atoms with Crippen molar-refractivity contribution in [3.05, 3.63) is 41.5 Å². The lowest BCUT2D eigenvalue weighted by molar-refractivity contribution is -0.139. The summed E-state index contributed by atoms with van der Waals surface area (Å²) in [5, 5.41) is 0.